The lowest BCUT2D eigenvalue weighted by Crippen LogP contribution is -2.02. The Kier molecular flexibility index (Phi) is 3.56. The van der Waals surface area contributed by atoms with Gasteiger partial charge in [0, 0.05) is 12.1 Å². The molecule has 0 bridgehead atoms. The van der Waals surface area contributed by atoms with Crippen LogP contribution in [-0.4, -0.2) is 19.8 Å². The molecular formula is C7H6BBrFO3. The maximum Gasteiger partial charge on any atom is 0.569 e. The Morgan fingerprint density at radius 1 is 1.46 bits per heavy atom. The molecule has 0 fully saturated rings. The van der Waals surface area contributed by atoms with Gasteiger partial charge in [-0.2, -0.15) is 0 Å². The minimum absolute atomic E-state index is 0.116. The predicted molar refractivity (Wildman–Crippen MR) is 49.3 cm³/mol. The van der Waals surface area contributed by atoms with Crippen LogP contribution >= 0.6 is 15.9 Å². The second-order valence-corrected chi connectivity index (χ2v) is 2.99. The van der Waals surface area contributed by atoms with Crippen LogP contribution in [0.5, 0.6) is 11.5 Å². The zero-order chi connectivity index (χ0) is 9.84. The van der Waals surface area contributed by atoms with Crippen LogP contribution < -0.4 is 9.39 Å². The number of halogens is 2. The largest absolute Gasteiger partial charge is 0.569 e. The van der Waals surface area contributed by atoms with Crippen LogP contribution in [0.2, 0.25) is 0 Å². The van der Waals surface area contributed by atoms with Gasteiger partial charge in [0.05, 0.1) is 11.6 Å². The smallest absolute Gasteiger partial charge is 0.535 e. The summed E-state index contributed by atoms with van der Waals surface area (Å²) < 4.78 is 22.7. The molecule has 1 rings (SSSR count). The van der Waals surface area contributed by atoms with Gasteiger partial charge in [-0.1, -0.05) is 0 Å². The SMILES string of the molecule is COc1cc(Br)c(F)cc1O[B]O. The van der Waals surface area contributed by atoms with Gasteiger partial charge in [0.1, 0.15) is 11.6 Å². The third kappa shape index (κ3) is 2.35. The molecule has 0 aromatic heterocycles. The van der Waals surface area contributed by atoms with Gasteiger partial charge in [0.15, 0.2) is 5.75 Å². The summed E-state index contributed by atoms with van der Waals surface area (Å²) in [5.41, 5.74) is 0. The number of methoxy groups -OCH3 is 1. The van der Waals surface area contributed by atoms with Crippen LogP contribution in [0.3, 0.4) is 0 Å². The van der Waals surface area contributed by atoms with Crippen molar-refractivity contribution < 1.29 is 18.8 Å². The molecule has 0 saturated carbocycles. The van der Waals surface area contributed by atoms with E-state index in [1.807, 2.05) is 0 Å². The summed E-state index contributed by atoms with van der Waals surface area (Å²) >= 11 is 2.99. The standard InChI is InChI=1S/C7H6BBrFO3/c1-12-6-2-4(9)5(10)3-7(6)13-8-11/h2-3,11H,1H3. The molecule has 0 aliphatic heterocycles. The third-order valence-electron chi connectivity index (χ3n) is 1.39. The summed E-state index contributed by atoms with van der Waals surface area (Å²) in [5, 5.41) is 8.36. The van der Waals surface area contributed by atoms with Gasteiger partial charge in [0.2, 0.25) is 0 Å². The van der Waals surface area contributed by atoms with Crippen molar-refractivity contribution in [1.82, 2.24) is 0 Å². The number of hydrogen-bond donors (Lipinski definition) is 1. The molecule has 1 aromatic rings. The molecule has 0 unspecified atom stereocenters. The average Bonchev–Trinajstić information content (AvgIpc) is 2.11. The molecule has 1 aromatic carbocycles. The van der Waals surface area contributed by atoms with E-state index in [-0.39, 0.29) is 10.2 Å². The first kappa shape index (κ1) is 10.3. The molecule has 3 nitrogen and oxygen atoms in total. The van der Waals surface area contributed by atoms with Gasteiger partial charge >= 0.3 is 7.69 Å². The molecule has 6 heteroatoms. The molecule has 0 atom stereocenters. The van der Waals surface area contributed by atoms with Crippen molar-refractivity contribution in [2.24, 2.45) is 0 Å². The molecule has 13 heavy (non-hydrogen) atoms. The highest BCUT2D eigenvalue weighted by Gasteiger charge is 2.09. The molecule has 0 aliphatic rings. The fraction of sp³-hybridized carbons (Fsp3) is 0.143. The lowest BCUT2D eigenvalue weighted by atomic mass is 10.3. The van der Waals surface area contributed by atoms with Gasteiger partial charge in [-0.15, -0.1) is 0 Å². The third-order valence-corrected chi connectivity index (χ3v) is 1.99. The van der Waals surface area contributed by atoms with E-state index in [2.05, 4.69) is 20.6 Å². The highest BCUT2D eigenvalue weighted by atomic mass is 79.9. The second-order valence-electron chi connectivity index (χ2n) is 2.14. The van der Waals surface area contributed by atoms with E-state index in [0.717, 1.165) is 6.07 Å². The Morgan fingerprint density at radius 2 is 2.15 bits per heavy atom. The number of benzene rings is 1. The van der Waals surface area contributed by atoms with E-state index in [1.54, 1.807) is 0 Å². The topological polar surface area (TPSA) is 38.7 Å². The molecule has 0 heterocycles. The van der Waals surface area contributed by atoms with E-state index >= 15 is 0 Å². The zero-order valence-electron chi connectivity index (χ0n) is 6.75. The Balaban J connectivity index is 3.09. The number of hydrogen-bond acceptors (Lipinski definition) is 3. The monoisotopic (exact) mass is 247 g/mol. The molecule has 1 N–H and O–H groups in total. The lowest BCUT2D eigenvalue weighted by molar-refractivity contribution is 0.379. The molecule has 0 aliphatic carbocycles. The van der Waals surface area contributed by atoms with Crippen LogP contribution in [0.15, 0.2) is 16.6 Å². The van der Waals surface area contributed by atoms with E-state index in [0.29, 0.717) is 13.4 Å². The highest BCUT2D eigenvalue weighted by molar-refractivity contribution is 9.10. The first-order chi connectivity index (χ1) is 6.19. The average molecular weight is 248 g/mol. The highest BCUT2D eigenvalue weighted by Crippen LogP contribution is 2.32. The molecule has 0 amide bonds. The van der Waals surface area contributed by atoms with Gasteiger partial charge in [0.25, 0.3) is 0 Å². The van der Waals surface area contributed by atoms with Crippen molar-refractivity contribution in [1.29, 1.82) is 0 Å². The molecule has 0 saturated heterocycles. The second kappa shape index (κ2) is 4.48. The van der Waals surface area contributed by atoms with Crippen molar-refractivity contribution in [2.75, 3.05) is 7.11 Å². The van der Waals surface area contributed by atoms with Gasteiger partial charge in [-0.05, 0) is 15.9 Å². The van der Waals surface area contributed by atoms with E-state index < -0.39 is 5.82 Å². The Bertz CT molecular complexity index is 308. The van der Waals surface area contributed by atoms with Crippen molar-refractivity contribution >= 4 is 23.6 Å². The quantitative estimate of drug-likeness (QED) is 0.823. The molecular weight excluding hydrogens is 242 g/mol. The summed E-state index contributed by atoms with van der Waals surface area (Å²) in [6.45, 7) is 0. The fourth-order valence-corrected chi connectivity index (χ4v) is 1.14. The summed E-state index contributed by atoms with van der Waals surface area (Å²) in [7, 11) is 1.88. The summed E-state index contributed by atoms with van der Waals surface area (Å²) in [5.74, 6) is -0.0399. The maximum atomic E-state index is 12.9. The Hall–Kier alpha value is -0.745. The van der Waals surface area contributed by atoms with Crippen LogP contribution in [0.25, 0.3) is 0 Å². The summed E-state index contributed by atoms with van der Waals surface area (Å²) in [4.78, 5) is 0. The van der Waals surface area contributed by atoms with Crippen LogP contribution in [-0.2, 0) is 0 Å². The Labute approximate surface area is 83.9 Å². The van der Waals surface area contributed by atoms with Crippen molar-refractivity contribution in [2.45, 2.75) is 0 Å². The van der Waals surface area contributed by atoms with E-state index in [1.165, 1.54) is 13.2 Å². The summed E-state index contributed by atoms with van der Waals surface area (Å²) in [6.07, 6.45) is 0. The van der Waals surface area contributed by atoms with Crippen LogP contribution in [0.1, 0.15) is 0 Å². The number of rotatable bonds is 3. The Morgan fingerprint density at radius 3 is 2.69 bits per heavy atom. The normalized spacial score (nSPS) is 9.54. The molecule has 0 spiro atoms. The van der Waals surface area contributed by atoms with Crippen molar-refractivity contribution in [3.63, 3.8) is 0 Å². The fourth-order valence-electron chi connectivity index (χ4n) is 0.819. The number of ether oxygens (including phenoxy) is 1. The van der Waals surface area contributed by atoms with Gasteiger partial charge in [-0.25, -0.2) is 4.39 Å². The first-order valence-electron chi connectivity index (χ1n) is 3.34. The van der Waals surface area contributed by atoms with Gasteiger partial charge in [-0.3, -0.25) is 0 Å². The minimum Gasteiger partial charge on any atom is -0.535 e. The van der Waals surface area contributed by atoms with Crippen molar-refractivity contribution in [3.8, 4) is 11.5 Å². The van der Waals surface area contributed by atoms with Gasteiger partial charge < -0.3 is 14.4 Å². The first-order valence-corrected chi connectivity index (χ1v) is 4.14. The van der Waals surface area contributed by atoms with Crippen LogP contribution in [0, 0.1) is 5.82 Å². The zero-order valence-corrected chi connectivity index (χ0v) is 8.34. The predicted octanol–water partition coefficient (Wildman–Crippen LogP) is 1.50. The minimum atomic E-state index is -0.488. The van der Waals surface area contributed by atoms with E-state index in [4.69, 9.17) is 9.76 Å². The van der Waals surface area contributed by atoms with Crippen molar-refractivity contribution in [3.05, 3.63) is 22.4 Å². The summed E-state index contributed by atoms with van der Waals surface area (Å²) in [6, 6.07) is 2.52. The van der Waals surface area contributed by atoms with Crippen LogP contribution in [0.4, 0.5) is 4.39 Å². The lowest BCUT2D eigenvalue weighted by Gasteiger charge is -2.08. The van der Waals surface area contributed by atoms with E-state index in [9.17, 15) is 4.39 Å². The molecule has 69 valence electrons. The molecule has 1 radical (unpaired) electrons. The maximum absolute atomic E-state index is 12.9.